The van der Waals surface area contributed by atoms with Gasteiger partial charge in [-0.05, 0) is 125 Å². The normalized spacial score (nSPS) is 19.8. The molecule has 10 N–H and O–H groups in total. The minimum atomic E-state index is -1.26. The van der Waals surface area contributed by atoms with E-state index in [1.807, 2.05) is 13.8 Å². The molecule has 5 aromatic rings. The fourth-order valence-corrected chi connectivity index (χ4v) is 13.7. The lowest BCUT2D eigenvalue weighted by Crippen LogP contribution is -2.46. The van der Waals surface area contributed by atoms with E-state index in [0.29, 0.717) is 183 Å². The number of benzene rings is 2. The number of hydrogen-bond acceptors (Lipinski definition) is 17. The standard InChI is InChI=1S/2C25H29FN4O4.C17H25N3O4.C4H4O4/c2*1-15-22(12-19-18-11-16(26)4-5-20(18)28-24(19)32)27-21-3-2-6-30(25(33)23(15)21)14-17(31)13-29-7-9-34-10-8-29;1-12-15(11-21)18-14-3-2-4-20(17(23)16(12)14)10-13(22)9-19-5-7-24-8-6-19;5-3(6)1-2-4(7)8/h2*4-5,11-12,17,27,31H,2-3,6-10,13-14H2,1H3,(H,28,32);11,13,18,22H,2-10H2,1H3;1-2H,(H,5,6)(H,7,8)/b2*19-12-;;2-1-/t2*17-;13-;/m111./s1. The molecule has 0 spiro atoms. The van der Waals surface area contributed by atoms with Gasteiger partial charge in [-0.1, -0.05) is 0 Å². The van der Waals surface area contributed by atoms with Crippen molar-refractivity contribution in [3.63, 3.8) is 0 Å². The van der Waals surface area contributed by atoms with Gasteiger partial charge in [-0.2, -0.15) is 0 Å². The molecule has 8 aliphatic heterocycles. The van der Waals surface area contributed by atoms with Gasteiger partial charge in [0, 0.05) is 161 Å². The second-order valence-electron chi connectivity index (χ2n) is 25.8. The van der Waals surface area contributed by atoms with Gasteiger partial charge in [0.15, 0.2) is 6.29 Å². The first kappa shape index (κ1) is 73.7. The molecule has 8 aliphatic rings. The SMILES string of the molecule is Cc1c(/C=C2\C(=O)Nc3ccc(F)cc32)[nH]c2c1C(=O)N(C[C@H](O)CN1CCOCC1)CCC2.Cc1c(/C=C2\C(=O)Nc3ccc(F)cc32)[nH]c2c1C(=O)N(C[C@H](O)CN1CCOCC1)CCC2.Cc1c(C=O)[nH]c2c1C(=O)N(C[C@H](O)CN1CCOCC1)CCC2.O=C(O)/C=C\C(=O)O. The number of carboxylic acid groups (broad SMARTS) is 2. The maximum atomic E-state index is 13.8. The fourth-order valence-electron chi connectivity index (χ4n) is 13.7. The second kappa shape index (κ2) is 33.9. The van der Waals surface area contributed by atoms with E-state index >= 15 is 0 Å². The number of nitrogens with zero attached hydrogens (tertiary/aromatic N) is 6. The van der Waals surface area contributed by atoms with Crippen LogP contribution in [0.2, 0.25) is 0 Å². The van der Waals surface area contributed by atoms with E-state index in [9.17, 15) is 62.5 Å². The Bertz CT molecular complexity index is 3760. The number of halogens is 2. The number of fused-ring (bicyclic) bond motifs is 5. The molecular weight excluding hydrogens is 1300 g/mol. The topological polar surface area (TPSA) is 356 Å². The number of aliphatic hydroxyl groups is 3. The van der Waals surface area contributed by atoms with Gasteiger partial charge in [0.25, 0.3) is 29.5 Å². The van der Waals surface area contributed by atoms with Gasteiger partial charge in [0.1, 0.15) is 11.6 Å². The van der Waals surface area contributed by atoms with Crippen LogP contribution in [-0.4, -0.2) is 274 Å². The number of carbonyl (C=O) groups excluding carboxylic acids is 6. The van der Waals surface area contributed by atoms with E-state index in [1.54, 1.807) is 45.9 Å². The van der Waals surface area contributed by atoms with Crippen molar-refractivity contribution in [1.82, 2.24) is 44.4 Å². The smallest absolute Gasteiger partial charge is 0.328 e. The van der Waals surface area contributed by atoms with E-state index in [2.05, 4.69) is 40.3 Å². The Kier molecular flexibility index (Phi) is 25.0. The Morgan fingerprint density at radius 2 is 0.790 bits per heavy atom. The van der Waals surface area contributed by atoms with E-state index in [-0.39, 0.29) is 42.6 Å². The monoisotopic (exact) mass is 1390 g/mol. The first-order valence-electron chi connectivity index (χ1n) is 33.8. The van der Waals surface area contributed by atoms with Gasteiger partial charge < -0.3 is 80.0 Å². The number of anilines is 2. The van der Waals surface area contributed by atoms with Gasteiger partial charge in [0.2, 0.25) is 0 Å². The summed E-state index contributed by atoms with van der Waals surface area (Å²) in [6, 6.07) is 8.39. The summed E-state index contributed by atoms with van der Waals surface area (Å²) in [4.78, 5) is 116. The molecule has 5 amide bonds. The summed E-state index contributed by atoms with van der Waals surface area (Å²) in [5, 5.41) is 52.8. The average Bonchev–Trinajstić information content (AvgIpc) is 1.63. The number of aromatic amines is 3. The molecule has 13 rings (SSSR count). The van der Waals surface area contributed by atoms with E-state index < -0.39 is 41.9 Å². The Labute approximate surface area is 576 Å². The zero-order chi connectivity index (χ0) is 71.3. The van der Waals surface area contributed by atoms with E-state index in [1.165, 1.54) is 24.3 Å². The first-order chi connectivity index (χ1) is 48.0. The zero-order valence-corrected chi connectivity index (χ0v) is 56.3. The van der Waals surface area contributed by atoms with Crippen molar-refractivity contribution < 1.29 is 86.9 Å². The maximum Gasteiger partial charge on any atom is 0.328 e. The third-order valence-corrected chi connectivity index (χ3v) is 18.8. The number of hydrogen-bond donors (Lipinski definition) is 10. The maximum absolute atomic E-state index is 13.8. The van der Waals surface area contributed by atoms with Crippen LogP contribution in [0.15, 0.2) is 48.6 Å². The number of carboxylic acids is 2. The minimum Gasteiger partial charge on any atom is -0.478 e. The number of carbonyl (C=O) groups is 8. The van der Waals surface area contributed by atoms with Gasteiger partial charge in [-0.3, -0.25) is 43.5 Å². The Hall–Kier alpha value is -9.04. The van der Waals surface area contributed by atoms with Gasteiger partial charge >= 0.3 is 11.9 Å². The molecule has 2 aromatic carbocycles. The summed E-state index contributed by atoms with van der Waals surface area (Å²) in [7, 11) is 0. The number of ether oxygens (including phenoxy) is 3. The average molecular weight is 1390 g/mol. The van der Waals surface area contributed by atoms with Crippen molar-refractivity contribution in [2.75, 3.05) is 148 Å². The first-order valence-corrected chi connectivity index (χ1v) is 33.8. The van der Waals surface area contributed by atoms with Crippen LogP contribution in [0, 0.1) is 32.4 Å². The van der Waals surface area contributed by atoms with Crippen molar-refractivity contribution in [2.45, 2.75) is 77.6 Å². The molecule has 0 unspecified atom stereocenters. The van der Waals surface area contributed by atoms with Crippen LogP contribution < -0.4 is 10.6 Å². The van der Waals surface area contributed by atoms with Crippen LogP contribution in [0.1, 0.15) is 117 Å². The highest BCUT2D eigenvalue weighted by molar-refractivity contribution is 6.35. The van der Waals surface area contributed by atoms with Gasteiger partial charge in [-0.25, -0.2) is 18.4 Å². The number of aliphatic hydroxyl groups excluding tert-OH is 3. The van der Waals surface area contributed by atoms with Crippen LogP contribution in [-0.2, 0) is 52.7 Å². The van der Waals surface area contributed by atoms with Crippen LogP contribution >= 0.6 is 0 Å². The second-order valence-corrected chi connectivity index (χ2v) is 25.8. The number of aliphatic carboxylic acids is 2. The predicted molar refractivity (Wildman–Crippen MR) is 365 cm³/mol. The molecular formula is C71H87F2N11O16. The van der Waals surface area contributed by atoms with Crippen molar-refractivity contribution >= 4 is 82.4 Å². The molecule has 0 aliphatic carbocycles. The lowest BCUT2D eigenvalue weighted by atomic mass is 10.0. The van der Waals surface area contributed by atoms with Crippen LogP contribution in [0.4, 0.5) is 20.2 Å². The van der Waals surface area contributed by atoms with Gasteiger partial charge in [0.05, 0.1) is 91.5 Å². The zero-order valence-electron chi connectivity index (χ0n) is 56.3. The number of aromatic nitrogens is 3. The number of amides is 5. The summed E-state index contributed by atoms with van der Waals surface area (Å²) in [5.41, 5.74) is 11.2. The molecule has 0 bridgehead atoms. The number of β-amino-alcohol motifs (C(OH)–C–C–N with tert-alkyl or cyclic N) is 3. The highest BCUT2D eigenvalue weighted by Gasteiger charge is 2.35. The summed E-state index contributed by atoms with van der Waals surface area (Å²) in [6.07, 6.45) is 7.88. The number of rotatable bonds is 17. The largest absolute Gasteiger partial charge is 0.478 e. The van der Waals surface area contributed by atoms with E-state index in [4.69, 9.17) is 24.4 Å². The third-order valence-electron chi connectivity index (χ3n) is 18.8. The Morgan fingerprint density at radius 3 is 1.10 bits per heavy atom. The van der Waals surface area contributed by atoms with Crippen LogP contribution in [0.3, 0.4) is 0 Å². The highest BCUT2D eigenvalue weighted by Crippen LogP contribution is 2.37. The Balaban J connectivity index is 0.000000156. The molecule has 3 atom stereocenters. The molecule has 3 saturated heterocycles. The molecule has 3 fully saturated rings. The third kappa shape index (κ3) is 18.3. The van der Waals surface area contributed by atoms with Crippen molar-refractivity contribution in [3.8, 4) is 0 Å². The molecule has 0 radical (unpaired) electrons. The Morgan fingerprint density at radius 1 is 0.480 bits per heavy atom. The van der Waals surface area contributed by atoms with Crippen molar-refractivity contribution in [3.05, 3.63) is 139 Å². The lowest BCUT2D eigenvalue weighted by Gasteiger charge is -2.31. The van der Waals surface area contributed by atoms with E-state index in [0.717, 1.165) is 99.4 Å². The summed E-state index contributed by atoms with van der Waals surface area (Å²) < 4.78 is 43.6. The molecule has 100 heavy (non-hydrogen) atoms. The molecule has 536 valence electrons. The number of H-pyrrole nitrogens is 3. The molecule has 0 saturated carbocycles. The van der Waals surface area contributed by atoms with Gasteiger partial charge in [-0.15, -0.1) is 0 Å². The predicted octanol–water partition coefficient (Wildman–Crippen LogP) is 4.00. The fraction of sp³-hybridized carbons (Fsp3) is 0.465. The summed E-state index contributed by atoms with van der Waals surface area (Å²) in [6.45, 7) is 18.5. The van der Waals surface area contributed by atoms with Crippen molar-refractivity contribution in [2.24, 2.45) is 0 Å². The molecule has 3 aromatic heterocycles. The summed E-state index contributed by atoms with van der Waals surface area (Å²) >= 11 is 0. The lowest BCUT2D eigenvalue weighted by molar-refractivity contribution is -0.134. The molecule has 29 heteroatoms. The number of nitrogens with one attached hydrogen (secondary N) is 5. The number of aryl methyl sites for hydroxylation is 3. The molecule has 11 heterocycles. The molecule has 27 nitrogen and oxygen atoms in total. The van der Waals surface area contributed by atoms with Crippen LogP contribution in [0.5, 0.6) is 0 Å². The number of morpholine rings is 3. The van der Waals surface area contributed by atoms with Crippen molar-refractivity contribution in [1.29, 1.82) is 0 Å². The quantitative estimate of drug-likeness (QED) is 0.0464. The number of aldehydes is 1. The summed E-state index contributed by atoms with van der Waals surface area (Å²) in [5.74, 6) is -4.27. The van der Waals surface area contributed by atoms with Crippen LogP contribution in [0.25, 0.3) is 23.3 Å². The minimum absolute atomic E-state index is 0.0922. The highest BCUT2D eigenvalue weighted by atomic mass is 19.1.